The number of hydrogen-bond acceptors (Lipinski definition) is 5. The van der Waals surface area contributed by atoms with Gasteiger partial charge in [-0.1, -0.05) is 28.1 Å². The summed E-state index contributed by atoms with van der Waals surface area (Å²) in [7, 11) is 1.54. The highest BCUT2D eigenvalue weighted by molar-refractivity contribution is 9.10. The first-order valence-electron chi connectivity index (χ1n) is 8.58. The van der Waals surface area contributed by atoms with Gasteiger partial charge in [0.15, 0.2) is 11.5 Å². The van der Waals surface area contributed by atoms with E-state index in [-0.39, 0.29) is 6.04 Å². The first-order valence-corrected chi connectivity index (χ1v) is 9.37. The van der Waals surface area contributed by atoms with Gasteiger partial charge in [0, 0.05) is 10.5 Å². The Balaban J connectivity index is 1.97. The first-order chi connectivity index (χ1) is 13.4. The van der Waals surface area contributed by atoms with Gasteiger partial charge in [-0.05, 0) is 55.3 Å². The van der Waals surface area contributed by atoms with E-state index in [2.05, 4.69) is 31.8 Å². The van der Waals surface area contributed by atoms with Crippen LogP contribution in [0.4, 0.5) is 0 Å². The fourth-order valence-electron chi connectivity index (χ4n) is 2.17. The SMILES string of the molecule is COc1cc(/C=N\NC(=O)C(=O)NC(C)C)ccc1OCc1ccc(Br)cc1. The number of nitrogens with zero attached hydrogens (tertiary/aromatic N) is 1. The van der Waals surface area contributed by atoms with E-state index in [0.717, 1.165) is 10.0 Å². The van der Waals surface area contributed by atoms with Gasteiger partial charge in [-0.15, -0.1) is 0 Å². The zero-order chi connectivity index (χ0) is 20.5. The Hall–Kier alpha value is -2.87. The third kappa shape index (κ3) is 6.70. The highest BCUT2D eigenvalue weighted by Gasteiger charge is 2.13. The van der Waals surface area contributed by atoms with Crippen LogP contribution in [0.5, 0.6) is 11.5 Å². The van der Waals surface area contributed by atoms with Crippen molar-refractivity contribution in [1.82, 2.24) is 10.7 Å². The molecule has 2 aromatic rings. The maximum atomic E-state index is 11.6. The Morgan fingerprint density at radius 1 is 1.11 bits per heavy atom. The lowest BCUT2D eigenvalue weighted by atomic mass is 10.2. The summed E-state index contributed by atoms with van der Waals surface area (Å²) < 4.78 is 12.2. The fraction of sp³-hybridized carbons (Fsp3) is 0.250. The molecule has 0 aromatic heterocycles. The normalized spacial score (nSPS) is 10.8. The van der Waals surface area contributed by atoms with Crippen LogP contribution in [0.15, 0.2) is 52.0 Å². The topological polar surface area (TPSA) is 89.0 Å². The van der Waals surface area contributed by atoms with E-state index >= 15 is 0 Å². The molecular formula is C20H22BrN3O4. The summed E-state index contributed by atoms with van der Waals surface area (Å²) in [4.78, 5) is 23.1. The molecule has 0 bridgehead atoms. The van der Waals surface area contributed by atoms with Crippen LogP contribution >= 0.6 is 15.9 Å². The molecule has 0 unspecified atom stereocenters. The number of rotatable bonds is 7. The molecule has 2 aromatic carbocycles. The molecule has 0 aliphatic carbocycles. The van der Waals surface area contributed by atoms with E-state index in [0.29, 0.717) is 23.7 Å². The fourth-order valence-corrected chi connectivity index (χ4v) is 2.43. The molecule has 0 fully saturated rings. The van der Waals surface area contributed by atoms with Gasteiger partial charge >= 0.3 is 11.8 Å². The lowest BCUT2D eigenvalue weighted by molar-refractivity contribution is -0.139. The molecule has 2 rings (SSSR count). The Labute approximate surface area is 172 Å². The number of amides is 2. The van der Waals surface area contributed by atoms with E-state index in [1.807, 2.05) is 24.3 Å². The van der Waals surface area contributed by atoms with E-state index in [1.165, 1.54) is 6.21 Å². The molecule has 8 heteroatoms. The number of nitrogens with one attached hydrogen (secondary N) is 2. The molecule has 0 radical (unpaired) electrons. The summed E-state index contributed by atoms with van der Waals surface area (Å²) in [5, 5.41) is 6.27. The van der Waals surface area contributed by atoms with Crippen molar-refractivity contribution in [3.8, 4) is 11.5 Å². The van der Waals surface area contributed by atoms with Gasteiger partial charge in [-0.3, -0.25) is 9.59 Å². The molecule has 28 heavy (non-hydrogen) atoms. The minimum atomic E-state index is -0.827. The van der Waals surface area contributed by atoms with E-state index in [1.54, 1.807) is 39.2 Å². The van der Waals surface area contributed by atoms with Crippen LogP contribution in [0.25, 0.3) is 0 Å². The van der Waals surface area contributed by atoms with Crippen LogP contribution in [0.2, 0.25) is 0 Å². The Kier molecular flexibility index (Phi) is 8.01. The molecule has 0 saturated carbocycles. The quantitative estimate of drug-likeness (QED) is 0.387. The third-order valence-electron chi connectivity index (χ3n) is 3.50. The number of methoxy groups -OCH3 is 1. The highest BCUT2D eigenvalue weighted by atomic mass is 79.9. The standard InChI is InChI=1S/C20H22BrN3O4/c1-13(2)23-19(25)20(26)24-22-11-15-6-9-17(18(10-15)27-3)28-12-14-4-7-16(21)8-5-14/h4-11,13H,12H2,1-3H3,(H,23,25)(H,24,26)/b22-11-. The molecule has 7 nitrogen and oxygen atoms in total. The summed E-state index contributed by atoms with van der Waals surface area (Å²) in [5.41, 5.74) is 3.89. The van der Waals surface area contributed by atoms with Gasteiger partial charge < -0.3 is 14.8 Å². The molecule has 148 valence electrons. The molecule has 0 spiro atoms. The van der Waals surface area contributed by atoms with Gasteiger partial charge in [0.25, 0.3) is 0 Å². The predicted molar refractivity (Wildman–Crippen MR) is 110 cm³/mol. The van der Waals surface area contributed by atoms with Crippen LogP contribution in [0.1, 0.15) is 25.0 Å². The van der Waals surface area contributed by atoms with Gasteiger partial charge in [-0.25, -0.2) is 5.43 Å². The summed E-state index contributed by atoms with van der Waals surface area (Å²) >= 11 is 3.40. The Morgan fingerprint density at radius 3 is 2.46 bits per heavy atom. The summed E-state index contributed by atoms with van der Waals surface area (Å²) in [5.74, 6) is -0.444. The number of carbonyl (C=O) groups excluding carboxylic acids is 2. The molecule has 0 saturated heterocycles. The van der Waals surface area contributed by atoms with Gasteiger partial charge in [0.1, 0.15) is 6.61 Å². The minimum Gasteiger partial charge on any atom is -0.493 e. The van der Waals surface area contributed by atoms with Crippen LogP contribution in [0, 0.1) is 0 Å². The summed E-state index contributed by atoms with van der Waals surface area (Å²) in [6.07, 6.45) is 1.42. The molecule has 2 amide bonds. The zero-order valence-electron chi connectivity index (χ0n) is 15.9. The van der Waals surface area contributed by atoms with E-state index in [9.17, 15) is 9.59 Å². The Bertz CT molecular complexity index is 851. The maximum absolute atomic E-state index is 11.6. The van der Waals surface area contributed by atoms with Crippen molar-refractivity contribution >= 4 is 34.0 Å². The summed E-state index contributed by atoms with van der Waals surface area (Å²) in [6.45, 7) is 3.93. The van der Waals surface area contributed by atoms with Crippen molar-refractivity contribution in [3.05, 3.63) is 58.1 Å². The lowest BCUT2D eigenvalue weighted by Gasteiger charge is -2.11. The Morgan fingerprint density at radius 2 is 1.82 bits per heavy atom. The van der Waals surface area contributed by atoms with Gasteiger partial charge in [-0.2, -0.15) is 5.10 Å². The second-order valence-electron chi connectivity index (χ2n) is 6.15. The highest BCUT2D eigenvalue weighted by Crippen LogP contribution is 2.28. The smallest absolute Gasteiger partial charge is 0.329 e. The van der Waals surface area contributed by atoms with Gasteiger partial charge in [0.2, 0.25) is 0 Å². The number of halogens is 1. The largest absolute Gasteiger partial charge is 0.493 e. The van der Waals surface area contributed by atoms with Crippen LogP contribution in [-0.4, -0.2) is 31.2 Å². The van der Waals surface area contributed by atoms with E-state index in [4.69, 9.17) is 9.47 Å². The maximum Gasteiger partial charge on any atom is 0.329 e. The number of hydrogen-bond donors (Lipinski definition) is 2. The number of ether oxygens (including phenoxy) is 2. The summed E-state index contributed by atoms with van der Waals surface area (Å²) in [6, 6.07) is 13.0. The van der Waals surface area contributed by atoms with Gasteiger partial charge in [0.05, 0.1) is 13.3 Å². The van der Waals surface area contributed by atoms with Crippen LogP contribution in [-0.2, 0) is 16.2 Å². The molecular weight excluding hydrogens is 426 g/mol. The number of benzene rings is 2. The van der Waals surface area contributed by atoms with Crippen LogP contribution in [0.3, 0.4) is 0 Å². The zero-order valence-corrected chi connectivity index (χ0v) is 17.4. The average Bonchev–Trinajstić information content (AvgIpc) is 2.67. The first kappa shape index (κ1) is 21.4. The second-order valence-corrected chi connectivity index (χ2v) is 7.07. The van der Waals surface area contributed by atoms with Crippen LogP contribution < -0.4 is 20.2 Å². The molecule has 0 aliphatic heterocycles. The van der Waals surface area contributed by atoms with Crippen molar-refractivity contribution in [3.63, 3.8) is 0 Å². The average molecular weight is 448 g/mol. The number of carbonyl (C=O) groups is 2. The van der Waals surface area contributed by atoms with Crippen molar-refractivity contribution in [2.75, 3.05) is 7.11 Å². The minimum absolute atomic E-state index is 0.128. The predicted octanol–water partition coefficient (Wildman–Crippen LogP) is 3.01. The van der Waals surface area contributed by atoms with Crippen molar-refractivity contribution < 1.29 is 19.1 Å². The molecule has 0 heterocycles. The number of hydrazone groups is 1. The molecule has 2 N–H and O–H groups in total. The molecule has 0 aliphatic rings. The third-order valence-corrected chi connectivity index (χ3v) is 4.03. The monoisotopic (exact) mass is 447 g/mol. The van der Waals surface area contributed by atoms with E-state index < -0.39 is 11.8 Å². The van der Waals surface area contributed by atoms with Crippen molar-refractivity contribution in [1.29, 1.82) is 0 Å². The van der Waals surface area contributed by atoms with Crippen molar-refractivity contribution in [2.24, 2.45) is 5.10 Å². The second kappa shape index (κ2) is 10.5. The van der Waals surface area contributed by atoms with Crippen molar-refractivity contribution in [2.45, 2.75) is 26.5 Å². The molecule has 0 atom stereocenters. The lowest BCUT2D eigenvalue weighted by Crippen LogP contribution is -2.41.